The van der Waals surface area contributed by atoms with Gasteiger partial charge in [-0.2, -0.15) is 4.31 Å². The highest BCUT2D eigenvalue weighted by Crippen LogP contribution is 2.35. The Kier molecular flexibility index (Phi) is 7.49. The third-order valence-electron chi connectivity index (χ3n) is 6.35. The van der Waals surface area contributed by atoms with Crippen molar-refractivity contribution in [2.45, 2.75) is 6.54 Å². The molecule has 196 valence electrons. The number of hydrogen-bond donors (Lipinski definition) is 1. The number of thiophene rings is 1. The van der Waals surface area contributed by atoms with Crippen molar-refractivity contribution < 1.29 is 17.9 Å². The number of pyridine rings is 1. The predicted octanol–water partition coefficient (Wildman–Crippen LogP) is 1.79. The lowest BCUT2D eigenvalue weighted by Crippen LogP contribution is -2.47. The van der Waals surface area contributed by atoms with Gasteiger partial charge in [-0.05, 0) is 24.3 Å². The Morgan fingerprint density at radius 1 is 1.16 bits per heavy atom. The van der Waals surface area contributed by atoms with Gasteiger partial charge in [-0.25, -0.2) is 23.4 Å². The molecule has 0 aliphatic carbocycles. The van der Waals surface area contributed by atoms with E-state index in [0.717, 1.165) is 46.1 Å². The standard InChI is InChI=1S/C24H29N7O4S2/c1-3-21(32)27-20-14-17(4-5-25-20)23-26-19-15-18(16-29-6-8-31(9-7-29)37(2,33)34)36-22(19)24(28-23)30-10-12-35-13-11-30/h3-5,14-15H,1,6-13,16H2,2H3,(H,25,27,32). The van der Waals surface area contributed by atoms with Gasteiger partial charge in [0.2, 0.25) is 15.9 Å². The Balaban J connectivity index is 1.45. The average molecular weight is 544 g/mol. The zero-order valence-electron chi connectivity index (χ0n) is 20.6. The first kappa shape index (κ1) is 25.7. The summed E-state index contributed by atoms with van der Waals surface area (Å²) in [6, 6.07) is 5.67. The highest BCUT2D eigenvalue weighted by atomic mass is 32.2. The Hall–Kier alpha value is -2.97. The van der Waals surface area contributed by atoms with E-state index in [2.05, 4.69) is 32.7 Å². The third kappa shape index (κ3) is 5.96. The Morgan fingerprint density at radius 3 is 2.62 bits per heavy atom. The number of amides is 1. The maximum absolute atomic E-state index is 11.8. The van der Waals surface area contributed by atoms with Gasteiger partial charge in [0.25, 0.3) is 0 Å². The van der Waals surface area contributed by atoms with E-state index < -0.39 is 10.0 Å². The Bertz CT molecular complexity index is 1410. The number of nitrogens with one attached hydrogen (secondary N) is 1. The van der Waals surface area contributed by atoms with Crippen LogP contribution in [0.2, 0.25) is 0 Å². The number of anilines is 2. The highest BCUT2D eigenvalue weighted by molar-refractivity contribution is 7.88. The van der Waals surface area contributed by atoms with Gasteiger partial charge in [-0.15, -0.1) is 11.3 Å². The van der Waals surface area contributed by atoms with Crippen LogP contribution in [0.5, 0.6) is 0 Å². The number of ether oxygens (including phenoxy) is 1. The molecule has 0 aromatic carbocycles. The minimum absolute atomic E-state index is 0.338. The molecule has 2 aliphatic heterocycles. The maximum atomic E-state index is 11.8. The van der Waals surface area contributed by atoms with E-state index in [1.54, 1.807) is 23.6 Å². The van der Waals surface area contributed by atoms with Crippen LogP contribution in [-0.4, -0.2) is 97.2 Å². The van der Waals surface area contributed by atoms with Gasteiger partial charge in [-0.3, -0.25) is 9.69 Å². The summed E-state index contributed by atoms with van der Waals surface area (Å²) in [5.41, 5.74) is 1.60. The lowest BCUT2D eigenvalue weighted by atomic mass is 10.2. The minimum Gasteiger partial charge on any atom is -0.378 e. The van der Waals surface area contributed by atoms with Crippen molar-refractivity contribution in [2.24, 2.45) is 0 Å². The van der Waals surface area contributed by atoms with Crippen molar-refractivity contribution in [2.75, 3.05) is 69.0 Å². The first-order valence-electron chi connectivity index (χ1n) is 12.0. The lowest BCUT2D eigenvalue weighted by molar-refractivity contribution is -0.111. The molecule has 0 saturated carbocycles. The second-order valence-electron chi connectivity index (χ2n) is 8.96. The van der Waals surface area contributed by atoms with E-state index >= 15 is 0 Å². The SMILES string of the molecule is C=CC(=O)Nc1cc(-c2nc(N3CCOCC3)c3sc(CN4CCN(S(C)(=O)=O)CC4)cc3n2)ccn1. The summed E-state index contributed by atoms with van der Waals surface area (Å²) < 4.78 is 31.8. The van der Waals surface area contributed by atoms with Crippen LogP contribution in [0.1, 0.15) is 4.88 Å². The van der Waals surface area contributed by atoms with Gasteiger partial charge in [0, 0.05) is 62.5 Å². The summed E-state index contributed by atoms with van der Waals surface area (Å²) in [5, 5.41) is 2.68. The fourth-order valence-corrected chi connectivity index (χ4v) is 6.40. The molecular formula is C24H29N7O4S2. The second kappa shape index (κ2) is 10.8. The quantitative estimate of drug-likeness (QED) is 0.445. The van der Waals surface area contributed by atoms with E-state index in [1.165, 1.54) is 16.6 Å². The molecular weight excluding hydrogens is 514 g/mol. The van der Waals surface area contributed by atoms with Crippen LogP contribution in [0.15, 0.2) is 37.1 Å². The van der Waals surface area contributed by atoms with Gasteiger partial charge < -0.3 is 15.0 Å². The van der Waals surface area contributed by atoms with Crippen LogP contribution in [0.25, 0.3) is 21.6 Å². The van der Waals surface area contributed by atoms with Crippen molar-refractivity contribution in [3.05, 3.63) is 41.9 Å². The number of piperazine rings is 1. The molecule has 0 spiro atoms. The van der Waals surface area contributed by atoms with E-state index in [4.69, 9.17) is 14.7 Å². The molecule has 0 unspecified atom stereocenters. The zero-order chi connectivity index (χ0) is 26.0. The number of rotatable bonds is 7. The molecule has 2 fully saturated rings. The molecule has 1 amide bonds. The summed E-state index contributed by atoms with van der Waals surface area (Å²) in [7, 11) is -3.16. The maximum Gasteiger partial charge on any atom is 0.248 e. The number of carbonyl (C=O) groups excluding carboxylic acids is 1. The number of fused-ring (bicyclic) bond motifs is 1. The fraction of sp³-hybridized carbons (Fsp3) is 0.417. The molecule has 13 heteroatoms. The van der Waals surface area contributed by atoms with Crippen LogP contribution < -0.4 is 10.2 Å². The molecule has 0 atom stereocenters. The van der Waals surface area contributed by atoms with E-state index in [0.29, 0.717) is 51.0 Å². The van der Waals surface area contributed by atoms with Gasteiger partial charge in [-0.1, -0.05) is 6.58 Å². The van der Waals surface area contributed by atoms with Crippen LogP contribution in [0.3, 0.4) is 0 Å². The van der Waals surface area contributed by atoms with Crippen molar-refractivity contribution in [1.29, 1.82) is 0 Å². The summed E-state index contributed by atoms with van der Waals surface area (Å²) in [6.45, 7) is 9.33. The molecule has 5 heterocycles. The van der Waals surface area contributed by atoms with Crippen LogP contribution in [-0.2, 0) is 26.1 Å². The zero-order valence-corrected chi connectivity index (χ0v) is 22.2. The van der Waals surface area contributed by atoms with Gasteiger partial charge in [0.15, 0.2) is 11.6 Å². The van der Waals surface area contributed by atoms with Crippen LogP contribution >= 0.6 is 11.3 Å². The molecule has 2 saturated heterocycles. The third-order valence-corrected chi connectivity index (χ3v) is 8.76. The first-order chi connectivity index (χ1) is 17.8. The van der Waals surface area contributed by atoms with Crippen molar-refractivity contribution in [3.8, 4) is 11.4 Å². The van der Waals surface area contributed by atoms with E-state index in [1.807, 2.05) is 6.07 Å². The molecule has 2 aliphatic rings. The van der Waals surface area contributed by atoms with Crippen molar-refractivity contribution >= 4 is 49.1 Å². The molecule has 0 radical (unpaired) electrons. The van der Waals surface area contributed by atoms with Crippen LogP contribution in [0.4, 0.5) is 11.6 Å². The van der Waals surface area contributed by atoms with Crippen LogP contribution in [0, 0.1) is 0 Å². The summed E-state index contributed by atoms with van der Waals surface area (Å²) in [6.07, 6.45) is 4.07. The molecule has 0 bridgehead atoms. The monoisotopic (exact) mass is 543 g/mol. The van der Waals surface area contributed by atoms with Gasteiger partial charge in [0.05, 0.1) is 29.7 Å². The van der Waals surface area contributed by atoms with E-state index in [-0.39, 0.29) is 5.91 Å². The normalized spacial score (nSPS) is 17.7. The predicted molar refractivity (Wildman–Crippen MR) is 144 cm³/mol. The number of carbonyl (C=O) groups is 1. The summed E-state index contributed by atoms with van der Waals surface area (Å²) >= 11 is 1.67. The first-order valence-corrected chi connectivity index (χ1v) is 14.7. The average Bonchev–Trinajstić information content (AvgIpc) is 3.30. The molecule has 3 aromatic rings. The minimum atomic E-state index is -3.16. The lowest BCUT2D eigenvalue weighted by Gasteiger charge is -2.32. The largest absolute Gasteiger partial charge is 0.378 e. The summed E-state index contributed by atoms with van der Waals surface area (Å²) in [4.78, 5) is 31.4. The topological polar surface area (TPSA) is 121 Å². The molecule has 5 rings (SSSR count). The summed E-state index contributed by atoms with van der Waals surface area (Å²) in [5.74, 6) is 1.49. The second-order valence-corrected chi connectivity index (χ2v) is 12.1. The Morgan fingerprint density at radius 2 is 1.92 bits per heavy atom. The van der Waals surface area contributed by atoms with Gasteiger partial charge >= 0.3 is 0 Å². The van der Waals surface area contributed by atoms with Crippen molar-refractivity contribution in [3.63, 3.8) is 0 Å². The van der Waals surface area contributed by atoms with Crippen molar-refractivity contribution in [1.82, 2.24) is 24.2 Å². The number of aromatic nitrogens is 3. The van der Waals surface area contributed by atoms with Gasteiger partial charge in [0.1, 0.15) is 5.82 Å². The Labute approximate surface area is 219 Å². The molecule has 11 nitrogen and oxygen atoms in total. The number of morpholine rings is 1. The highest BCUT2D eigenvalue weighted by Gasteiger charge is 2.25. The molecule has 3 aromatic heterocycles. The number of hydrogen-bond acceptors (Lipinski definition) is 10. The fourth-order valence-electron chi connectivity index (χ4n) is 4.42. The number of nitrogens with zero attached hydrogens (tertiary/aromatic N) is 6. The molecule has 1 N–H and O–H groups in total. The number of sulfonamides is 1. The smallest absolute Gasteiger partial charge is 0.248 e. The van der Waals surface area contributed by atoms with E-state index in [9.17, 15) is 13.2 Å². The molecule has 37 heavy (non-hydrogen) atoms.